The van der Waals surface area contributed by atoms with Crippen LogP contribution >= 0.6 is 0 Å². The van der Waals surface area contributed by atoms with Crippen LogP contribution in [0.4, 0.5) is 10.2 Å². The fourth-order valence-corrected chi connectivity index (χ4v) is 1.14. The van der Waals surface area contributed by atoms with Crippen LogP contribution in [0.3, 0.4) is 0 Å². The molecule has 0 bridgehead atoms. The van der Waals surface area contributed by atoms with E-state index < -0.39 is 5.82 Å². The van der Waals surface area contributed by atoms with Crippen LogP contribution in [0, 0.1) is 5.82 Å². The Balaban J connectivity index is 2.29. The highest BCUT2D eigenvalue weighted by atomic mass is 19.1. The number of nitrogens with two attached hydrogens (primary N) is 1. The summed E-state index contributed by atoms with van der Waals surface area (Å²) in [5, 5.41) is 0. The highest BCUT2D eigenvalue weighted by Gasteiger charge is 2.08. The van der Waals surface area contributed by atoms with Crippen molar-refractivity contribution in [1.82, 2.24) is 4.98 Å². The zero-order valence-corrected chi connectivity index (χ0v) is 7.85. The van der Waals surface area contributed by atoms with E-state index in [9.17, 15) is 4.39 Å². The molecule has 0 fully saturated rings. The molecular weight excluding hydrogens is 195 g/mol. The first kappa shape index (κ1) is 9.45. The zero-order valence-electron chi connectivity index (χ0n) is 7.85. The quantitative estimate of drug-likeness (QED) is 0.817. The van der Waals surface area contributed by atoms with E-state index in [1.165, 1.54) is 12.3 Å². The van der Waals surface area contributed by atoms with Crippen LogP contribution in [0.1, 0.15) is 0 Å². The van der Waals surface area contributed by atoms with Gasteiger partial charge in [0.05, 0.1) is 0 Å². The number of para-hydroxylation sites is 1. The summed E-state index contributed by atoms with van der Waals surface area (Å²) in [5.41, 5.74) is 5.31. The van der Waals surface area contributed by atoms with E-state index in [1.54, 1.807) is 24.3 Å². The predicted molar refractivity (Wildman–Crippen MR) is 55.1 cm³/mol. The van der Waals surface area contributed by atoms with E-state index in [2.05, 4.69) is 4.98 Å². The molecule has 76 valence electrons. The first-order valence-corrected chi connectivity index (χ1v) is 4.40. The number of halogens is 1. The van der Waals surface area contributed by atoms with Gasteiger partial charge in [0.25, 0.3) is 0 Å². The van der Waals surface area contributed by atoms with Gasteiger partial charge in [0.1, 0.15) is 5.75 Å². The molecule has 2 N–H and O–H groups in total. The first-order valence-electron chi connectivity index (χ1n) is 4.40. The third-order valence-corrected chi connectivity index (χ3v) is 1.85. The van der Waals surface area contributed by atoms with Gasteiger partial charge in [0.2, 0.25) is 5.82 Å². The molecule has 1 heterocycles. The second-order valence-electron chi connectivity index (χ2n) is 2.92. The molecule has 0 aliphatic rings. The zero-order chi connectivity index (χ0) is 10.7. The minimum absolute atomic E-state index is 0.0775. The minimum Gasteiger partial charge on any atom is -0.454 e. The molecular formula is C11H9FN2O. The molecule has 0 atom stereocenters. The van der Waals surface area contributed by atoms with Crippen molar-refractivity contribution in [2.24, 2.45) is 0 Å². The minimum atomic E-state index is -0.638. The molecule has 2 aromatic rings. The maximum atomic E-state index is 13.4. The maximum Gasteiger partial charge on any atom is 0.207 e. The average molecular weight is 204 g/mol. The first-order chi connectivity index (χ1) is 7.27. The number of hydrogen-bond donors (Lipinski definition) is 1. The summed E-state index contributed by atoms with van der Waals surface area (Å²) in [6.07, 6.45) is 1.40. The van der Waals surface area contributed by atoms with E-state index in [0.29, 0.717) is 5.75 Å². The molecule has 0 saturated carbocycles. The Labute approximate surface area is 86.3 Å². The predicted octanol–water partition coefficient (Wildman–Crippen LogP) is 2.60. The van der Waals surface area contributed by atoms with Crippen molar-refractivity contribution in [2.75, 3.05) is 5.73 Å². The van der Waals surface area contributed by atoms with E-state index in [1.807, 2.05) is 6.07 Å². The van der Waals surface area contributed by atoms with Crippen LogP contribution < -0.4 is 10.5 Å². The van der Waals surface area contributed by atoms with Gasteiger partial charge >= 0.3 is 0 Å². The molecule has 0 spiro atoms. The molecule has 2 rings (SSSR count). The molecule has 15 heavy (non-hydrogen) atoms. The van der Waals surface area contributed by atoms with Crippen molar-refractivity contribution in [2.45, 2.75) is 0 Å². The van der Waals surface area contributed by atoms with Crippen LogP contribution in [0.25, 0.3) is 0 Å². The Morgan fingerprint density at radius 2 is 1.87 bits per heavy atom. The molecule has 0 saturated heterocycles. The summed E-state index contributed by atoms with van der Waals surface area (Å²) >= 11 is 0. The number of ether oxygens (including phenoxy) is 1. The molecule has 0 amide bonds. The van der Waals surface area contributed by atoms with Gasteiger partial charge in [-0.1, -0.05) is 18.2 Å². The van der Waals surface area contributed by atoms with Gasteiger partial charge in [-0.05, 0) is 12.1 Å². The van der Waals surface area contributed by atoms with E-state index >= 15 is 0 Å². The monoisotopic (exact) mass is 204 g/mol. The SMILES string of the molecule is Nc1nccc(Oc2ccccc2)c1F. The maximum absolute atomic E-state index is 13.4. The van der Waals surface area contributed by atoms with Crippen LogP contribution in [-0.2, 0) is 0 Å². The molecule has 1 aromatic heterocycles. The summed E-state index contributed by atoms with van der Waals surface area (Å²) in [6.45, 7) is 0. The van der Waals surface area contributed by atoms with Crippen LogP contribution in [0.2, 0.25) is 0 Å². The highest BCUT2D eigenvalue weighted by Crippen LogP contribution is 2.25. The van der Waals surface area contributed by atoms with E-state index in [4.69, 9.17) is 10.5 Å². The summed E-state index contributed by atoms with van der Waals surface area (Å²) < 4.78 is 18.7. The number of benzene rings is 1. The number of aromatic nitrogens is 1. The van der Waals surface area contributed by atoms with Gasteiger partial charge in [0, 0.05) is 12.3 Å². The average Bonchev–Trinajstić information content (AvgIpc) is 2.26. The van der Waals surface area contributed by atoms with E-state index in [-0.39, 0.29) is 11.6 Å². The smallest absolute Gasteiger partial charge is 0.207 e. The Morgan fingerprint density at radius 1 is 1.13 bits per heavy atom. The third kappa shape index (κ3) is 2.04. The molecule has 0 aliphatic carbocycles. The lowest BCUT2D eigenvalue weighted by Crippen LogP contribution is -1.97. The summed E-state index contributed by atoms with van der Waals surface area (Å²) in [5.74, 6) is -0.166. The Kier molecular flexibility index (Phi) is 2.49. The molecule has 3 nitrogen and oxygen atoms in total. The van der Waals surface area contributed by atoms with Crippen molar-refractivity contribution in [3.05, 3.63) is 48.4 Å². The Bertz CT molecular complexity index is 459. The van der Waals surface area contributed by atoms with E-state index in [0.717, 1.165) is 0 Å². The number of nitrogens with zero attached hydrogens (tertiary/aromatic N) is 1. The van der Waals surface area contributed by atoms with Crippen molar-refractivity contribution < 1.29 is 9.13 Å². The lowest BCUT2D eigenvalue weighted by molar-refractivity contribution is 0.442. The molecule has 0 aliphatic heterocycles. The topological polar surface area (TPSA) is 48.1 Å². The van der Waals surface area contributed by atoms with Crippen molar-refractivity contribution in [3.63, 3.8) is 0 Å². The standard InChI is InChI=1S/C11H9FN2O/c12-10-9(6-7-14-11(10)13)15-8-4-2-1-3-5-8/h1-7H,(H2,13,14). The van der Waals surface area contributed by atoms with Crippen LogP contribution in [0.5, 0.6) is 11.5 Å². The van der Waals surface area contributed by atoms with Crippen LogP contribution in [-0.4, -0.2) is 4.98 Å². The fraction of sp³-hybridized carbons (Fsp3) is 0. The number of rotatable bonds is 2. The fourth-order valence-electron chi connectivity index (χ4n) is 1.14. The number of nitrogen functional groups attached to an aromatic ring is 1. The third-order valence-electron chi connectivity index (χ3n) is 1.85. The van der Waals surface area contributed by atoms with Gasteiger partial charge in [-0.3, -0.25) is 0 Å². The second kappa shape index (κ2) is 3.96. The van der Waals surface area contributed by atoms with Crippen molar-refractivity contribution in [1.29, 1.82) is 0 Å². The summed E-state index contributed by atoms with van der Waals surface area (Å²) in [7, 11) is 0. The molecule has 1 aromatic carbocycles. The number of hydrogen-bond acceptors (Lipinski definition) is 3. The lowest BCUT2D eigenvalue weighted by Gasteiger charge is -2.06. The number of anilines is 1. The van der Waals surface area contributed by atoms with Gasteiger partial charge in [-0.25, -0.2) is 4.98 Å². The normalized spacial score (nSPS) is 9.93. The summed E-state index contributed by atoms with van der Waals surface area (Å²) in [4.78, 5) is 3.60. The molecule has 0 unspecified atom stereocenters. The van der Waals surface area contributed by atoms with Gasteiger partial charge in [0.15, 0.2) is 11.6 Å². The Hall–Kier alpha value is -2.10. The lowest BCUT2D eigenvalue weighted by atomic mass is 10.3. The molecule has 0 radical (unpaired) electrons. The Morgan fingerprint density at radius 3 is 2.60 bits per heavy atom. The second-order valence-corrected chi connectivity index (χ2v) is 2.92. The largest absolute Gasteiger partial charge is 0.454 e. The van der Waals surface area contributed by atoms with Gasteiger partial charge < -0.3 is 10.5 Å². The van der Waals surface area contributed by atoms with Crippen molar-refractivity contribution >= 4 is 5.82 Å². The molecule has 4 heteroatoms. The summed E-state index contributed by atoms with van der Waals surface area (Å²) in [6, 6.07) is 10.4. The number of pyridine rings is 1. The highest BCUT2D eigenvalue weighted by molar-refractivity contribution is 5.40. The van der Waals surface area contributed by atoms with Crippen LogP contribution in [0.15, 0.2) is 42.6 Å². The van der Waals surface area contributed by atoms with Crippen molar-refractivity contribution in [3.8, 4) is 11.5 Å². The van der Waals surface area contributed by atoms with Gasteiger partial charge in [-0.2, -0.15) is 4.39 Å². The van der Waals surface area contributed by atoms with Gasteiger partial charge in [-0.15, -0.1) is 0 Å².